The molecule has 0 aromatic carbocycles. The summed E-state index contributed by atoms with van der Waals surface area (Å²) in [5.41, 5.74) is -1.09. The van der Waals surface area contributed by atoms with E-state index in [0.29, 0.717) is 25.9 Å². The Kier molecular flexibility index (Phi) is 2.50. The van der Waals surface area contributed by atoms with Gasteiger partial charge in [0, 0.05) is 13.1 Å². The van der Waals surface area contributed by atoms with Crippen LogP contribution in [-0.2, 0) is 9.59 Å². The molecule has 2 aliphatic rings. The van der Waals surface area contributed by atoms with Crippen molar-refractivity contribution in [3.63, 3.8) is 0 Å². The molecule has 0 spiro atoms. The van der Waals surface area contributed by atoms with E-state index < -0.39 is 11.4 Å². The number of carboxylic acids is 1. The maximum absolute atomic E-state index is 12.1. The lowest BCUT2D eigenvalue weighted by molar-refractivity contribution is -0.167. The zero-order valence-corrected chi connectivity index (χ0v) is 8.61. The van der Waals surface area contributed by atoms with E-state index in [2.05, 4.69) is 0 Å². The molecule has 1 amide bonds. The molecule has 0 saturated heterocycles. The van der Waals surface area contributed by atoms with Gasteiger partial charge in [0.2, 0.25) is 5.91 Å². The van der Waals surface area contributed by atoms with Crippen LogP contribution in [-0.4, -0.2) is 35.0 Å². The fraction of sp³-hybridized carbons (Fsp3) is 0.636. The quantitative estimate of drug-likeness (QED) is 0.546. The van der Waals surface area contributed by atoms with Gasteiger partial charge in [-0.3, -0.25) is 9.59 Å². The van der Waals surface area contributed by atoms with Crippen molar-refractivity contribution in [3.05, 3.63) is 12.2 Å². The number of aliphatic carboxylic acids is 1. The Bertz CT molecular complexity index is 318. The van der Waals surface area contributed by atoms with Gasteiger partial charge in [-0.1, -0.05) is 18.6 Å². The third kappa shape index (κ3) is 1.54. The van der Waals surface area contributed by atoms with Gasteiger partial charge in [-0.05, 0) is 19.3 Å². The van der Waals surface area contributed by atoms with E-state index in [1.165, 1.54) is 0 Å². The first-order chi connectivity index (χ1) is 7.17. The minimum atomic E-state index is -1.09. The average Bonchev–Trinajstić information content (AvgIpc) is 2.16. The Labute approximate surface area is 88.6 Å². The van der Waals surface area contributed by atoms with Gasteiger partial charge in [0.1, 0.15) is 5.41 Å². The highest BCUT2D eigenvalue weighted by atomic mass is 16.4. The summed E-state index contributed by atoms with van der Waals surface area (Å²) >= 11 is 0. The van der Waals surface area contributed by atoms with Gasteiger partial charge < -0.3 is 10.0 Å². The first-order valence-electron chi connectivity index (χ1n) is 5.34. The minimum absolute atomic E-state index is 0.189. The second-order valence-corrected chi connectivity index (χ2v) is 4.25. The van der Waals surface area contributed by atoms with E-state index in [9.17, 15) is 9.59 Å². The number of hydrogen-bond donors (Lipinski definition) is 1. The maximum atomic E-state index is 12.1. The summed E-state index contributed by atoms with van der Waals surface area (Å²) in [7, 11) is 0. The van der Waals surface area contributed by atoms with Crippen LogP contribution in [0, 0.1) is 5.41 Å². The van der Waals surface area contributed by atoms with Gasteiger partial charge in [0.15, 0.2) is 0 Å². The van der Waals surface area contributed by atoms with Crippen molar-refractivity contribution in [1.29, 1.82) is 0 Å². The highest BCUT2D eigenvalue weighted by molar-refractivity contribution is 6.02. The van der Waals surface area contributed by atoms with Crippen LogP contribution in [0.3, 0.4) is 0 Å². The van der Waals surface area contributed by atoms with E-state index in [1.54, 1.807) is 4.90 Å². The van der Waals surface area contributed by atoms with Crippen LogP contribution in [0.5, 0.6) is 0 Å². The molecular weight excluding hydrogens is 194 g/mol. The van der Waals surface area contributed by atoms with Gasteiger partial charge in [-0.2, -0.15) is 0 Å². The Hall–Kier alpha value is -1.32. The molecule has 1 N–H and O–H groups in total. The van der Waals surface area contributed by atoms with Crippen molar-refractivity contribution in [2.24, 2.45) is 5.41 Å². The molecule has 0 radical (unpaired) electrons. The first kappa shape index (κ1) is 10.2. The maximum Gasteiger partial charge on any atom is 0.319 e. The van der Waals surface area contributed by atoms with Gasteiger partial charge in [0.25, 0.3) is 0 Å². The first-order valence-corrected chi connectivity index (χ1v) is 5.34. The molecule has 82 valence electrons. The highest BCUT2D eigenvalue weighted by Gasteiger charge is 2.52. The summed E-state index contributed by atoms with van der Waals surface area (Å²) in [6.07, 6.45) is 6.64. The van der Waals surface area contributed by atoms with Crippen molar-refractivity contribution in [3.8, 4) is 0 Å². The molecule has 1 aliphatic carbocycles. The van der Waals surface area contributed by atoms with Crippen molar-refractivity contribution < 1.29 is 14.7 Å². The molecule has 15 heavy (non-hydrogen) atoms. The van der Waals surface area contributed by atoms with Crippen molar-refractivity contribution in [2.75, 3.05) is 13.1 Å². The Morgan fingerprint density at radius 2 is 2.00 bits per heavy atom. The fourth-order valence-electron chi connectivity index (χ4n) is 2.18. The summed E-state index contributed by atoms with van der Waals surface area (Å²) in [5, 5.41) is 9.12. The van der Waals surface area contributed by atoms with E-state index in [4.69, 9.17) is 5.11 Å². The van der Waals surface area contributed by atoms with E-state index in [1.807, 2.05) is 12.2 Å². The van der Waals surface area contributed by atoms with Crippen LogP contribution < -0.4 is 0 Å². The molecule has 0 atom stereocenters. The molecule has 1 saturated carbocycles. The Morgan fingerprint density at radius 3 is 2.40 bits per heavy atom. The molecule has 0 unspecified atom stereocenters. The van der Waals surface area contributed by atoms with Crippen LogP contribution in [0.25, 0.3) is 0 Å². The van der Waals surface area contributed by atoms with Gasteiger partial charge in [-0.15, -0.1) is 0 Å². The number of rotatable bonds is 2. The SMILES string of the molecule is O=C(O)C1(C(=O)N2CC=CCC2)CCC1. The lowest BCUT2D eigenvalue weighted by atomic mass is 9.67. The Balaban J connectivity index is 2.11. The van der Waals surface area contributed by atoms with Crippen LogP contribution in [0.4, 0.5) is 0 Å². The monoisotopic (exact) mass is 209 g/mol. The summed E-state index contributed by atoms with van der Waals surface area (Å²) in [6.45, 7) is 1.22. The topological polar surface area (TPSA) is 57.6 Å². The van der Waals surface area contributed by atoms with Gasteiger partial charge >= 0.3 is 5.97 Å². The Morgan fingerprint density at radius 1 is 1.27 bits per heavy atom. The number of amides is 1. The summed E-state index contributed by atoms with van der Waals surface area (Å²) in [4.78, 5) is 24.8. The van der Waals surface area contributed by atoms with Crippen molar-refractivity contribution in [1.82, 2.24) is 4.90 Å². The zero-order valence-electron chi connectivity index (χ0n) is 8.61. The molecule has 1 heterocycles. The highest BCUT2D eigenvalue weighted by Crippen LogP contribution is 2.43. The minimum Gasteiger partial charge on any atom is -0.480 e. The largest absolute Gasteiger partial charge is 0.480 e. The van der Waals surface area contributed by atoms with E-state index >= 15 is 0 Å². The number of nitrogens with zero attached hydrogens (tertiary/aromatic N) is 1. The van der Waals surface area contributed by atoms with Crippen LogP contribution in [0.2, 0.25) is 0 Å². The second kappa shape index (κ2) is 3.68. The van der Waals surface area contributed by atoms with Crippen LogP contribution in [0.1, 0.15) is 25.7 Å². The fourth-order valence-corrected chi connectivity index (χ4v) is 2.18. The third-order valence-electron chi connectivity index (χ3n) is 3.37. The number of carbonyl (C=O) groups is 2. The second-order valence-electron chi connectivity index (χ2n) is 4.25. The predicted molar refractivity (Wildman–Crippen MR) is 54.3 cm³/mol. The lowest BCUT2D eigenvalue weighted by Gasteiger charge is -2.40. The van der Waals surface area contributed by atoms with Gasteiger partial charge in [0.05, 0.1) is 0 Å². The molecular formula is C11H15NO3. The molecule has 0 bridgehead atoms. The smallest absolute Gasteiger partial charge is 0.319 e. The number of carbonyl (C=O) groups excluding carboxylic acids is 1. The van der Waals surface area contributed by atoms with Gasteiger partial charge in [-0.25, -0.2) is 0 Å². The third-order valence-corrected chi connectivity index (χ3v) is 3.37. The molecule has 4 nitrogen and oxygen atoms in total. The molecule has 2 rings (SSSR count). The predicted octanol–water partition coefficient (Wildman–Crippen LogP) is 1.03. The number of carboxylic acid groups (broad SMARTS) is 1. The molecule has 0 aromatic rings. The molecule has 4 heteroatoms. The molecule has 0 aromatic heterocycles. The summed E-state index contributed by atoms with van der Waals surface area (Å²) < 4.78 is 0. The zero-order chi connectivity index (χ0) is 10.9. The van der Waals surface area contributed by atoms with E-state index in [0.717, 1.165) is 12.8 Å². The van der Waals surface area contributed by atoms with Crippen LogP contribution >= 0.6 is 0 Å². The van der Waals surface area contributed by atoms with Crippen LogP contribution in [0.15, 0.2) is 12.2 Å². The summed E-state index contributed by atoms with van der Waals surface area (Å²) in [5.74, 6) is -1.14. The molecule has 1 fully saturated rings. The lowest BCUT2D eigenvalue weighted by Crippen LogP contribution is -2.53. The number of hydrogen-bond acceptors (Lipinski definition) is 2. The summed E-state index contributed by atoms with van der Waals surface area (Å²) in [6, 6.07) is 0. The molecule has 1 aliphatic heterocycles. The standard InChI is InChI=1S/C11H15NO3/c13-9(12-7-2-1-3-8-12)11(10(14)15)5-4-6-11/h1-2H,3-8H2,(H,14,15). The van der Waals surface area contributed by atoms with E-state index in [-0.39, 0.29) is 5.91 Å². The van der Waals surface area contributed by atoms with Crippen molar-refractivity contribution in [2.45, 2.75) is 25.7 Å². The normalized spacial score (nSPS) is 23.3. The average molecular weight is 209 g/mol. The van der Waals surface area contributed by atoms with Crippen molar-refractivity contribution >= 4 is 11.9 Å².